The number of amides is 1. The molecule has 6 heteroatoms. The van der Waals surface area contributed by atoms with Gasteiger partial charge >= 0.3 is 0 Å². The van der Waals surface area contributed by atoms with Gasteiger partial charge in [0.25, 0.3) is 5.91 Å². The third-order valence-electron chi connectivity index (χ3n) is 7.51. The lowest BCUT2D eigenvalue weighted by Gasteiger charge is -2.30. The molecule has 1 amide bonds. The van der Waals surface area contributed by atoms with Crippen molar-refractivity contribution in [2.24, 2.45) is 17.8 Å². The summed E-state index contributed by atoms with van der Waals surface area (Å²) in [6, 6.07) is 0.810. The molecule has 26 heavy (non-hydrogen) atoms. The minimum Gasteiger partial charge on any atom is -0.334 e. The van der Waals surface area contributed by atoms with E-state index in [1.54, 1.807) is 0 Å². The van der Waals surface area contributed by atoms with Crippen molar-refractivity contribution in [1.82, 2.24) is 25.2 Å². The Morgan fingerprint density at radius 2 is 2.04 bits per heavy atom. The van der Waals surface area contributed by atoms with Crippen LogP contribution in [0, 0.1) is 17.8 Å². The molecule has 0 spiro atoms. The Hall–Kier alpha value is -1.43. The van der Waals surface area contributed by atoms with Crippen LogP contribution in [0.4, 0.5) is 0 Å². The molecule has 4 aliphatic rings. The van der Waals surface area contributed by atoms with Crippen molar-refractivity contribution in [2.45, 2.75) is 69.9 Å². The van der Waals surface area contributed by atoms with Crippen LogP contribution in [0.5, 0.6) is 0 Å². The molecule has 1 aromatic rings. The standard InChI is InChI=1S/C20H31N5O/c26-20(19-13-25(23-22-19)17-5-7-21-8-6-17)24-9-1-2-18(24)12-16-11-14-3-4-15(16)10-14/h13-18,21H,1-12H2. The maximum Gasteiger partial charge on any atom is 0.276 e. The van der Waals surface area contributed by atoms with Crippen LogP contribution in [0.2, 0.25) is 0 Å². The van der Waals surface area contributed by atoms with Crippen molar-refractivity contribution in [3.8, 4) is 0 Å². The predicted octanol–water partition coefficient (Wildman–Crippen LogP) is 2.63. The summed E-state index contributed by atoms with van der Waals surface area (Å²) in [4.78, 5) is 15.2. The first-order chi connectivity index (χ1) is 12.8. The molecule has 2 saturated carbocycles. The molecule has 4 fully saturated rings. The zero-order valence-electron chi connectivity index (χ0n) is 15.6. The normalized spacial score (nSPS) is 34.7. The summed E-state index contributed by atoms with van der Waals surface area (Å²) in [5, 5.41) is 11.9. The molecule has 2 aliphatic carbocycles. The third-order valence-corrected chi connectivity index (χ3v) is 7.51. The molecule has 142 valence electrons. The Morgan fingerprint density at radius 1 is 1.15 bits per heavy atom. The first kappa shape index (κ1) is 16.7. The summed E-state index contributed by atoms with van der Waals surface area (Å²) in [7, 11) is 0. The molecule has 3 heterocycles. The number of carbonyl (C=O) groups is 1. The van der Waals surface area contributed by atoms with Crippen molar-refractivity contribution < 1.29 is 4.79 Å². The number of hydrogen-bond donors (Lipinski definition) is 1. The fourth-order valence-corrected chi connectivity index (χ4v) is 6.13. The van der Waals surface area contributed by atoms with E-state index in [2.05, 4.69) is 20.5 Å². The molecular formula is C20H31N5O. The van der Waals surface area contributed by atoms with Gasteiger partial charge in [0.05, 0.1) is 12.2 Å². The van der Waals surface area contributed by atoms with Crippen LogP contribution < -0.4 is 5.32 Å². The zero-order chi connectivity index (χ0) is 17.5. The molecule has 2 bridgehead atoms. The molecule has 4 atom stereocenters. The van der Waals surface area contributed by atoms with Gasteiger partial charge in [-0.1, -0.05) is 11.6 Å². The van der Waals surface area contributed by atoms with Crippen LogP contribution in [-0.4, -0.2) is 51.5 Å². The number of piperidine rings is 1. The number of nitrogens with one attached hydrogen (secondary N) is 1. The highest BCUT2D eigenvalue weighted by Gasteiger charge is 2.42. The Bertz CT molecular complexity index is 652. The minimum absolute atomic E-state index is 0.107. The van der Waals surface area contributed by atoms with Crippen molar-refractivity contribution in [2.75, 3.05) is 19.6 Å². The van der Waals surface area contributed by atoms with Gasteiger partial charge < -0.3 is 10.2 Å². The maximum absolute atomic E-state index is 13.1. The molecule has 0 aromatic carbocycles. The van der Waals surface area contributed by atoms with E-state index in [0.717, 1.165) is 56.7 Å². The summed E-state index contributed by atoms with van der Waals surface area (Å²) >= 11 is 0. The van der Waals surface area contributed by atoms with Gasteiger partial charge in [0, 0.05) is 12.6 Å². The van der Waals surface area contributed by atoms with Gasteiger partial charge in [-0.05, 0) is 82.2 Å². The van der Waals surface area contributed by atoms with Crippen molar-refractivity contribution in [3.05, 3.63) is 11.9 Å². The van der Waals surface area contributed by atoms with E-state index in [1.807, 2.05) is 10.9 Å². The van der Waals surface area contributed by atoms with Gasteiger partial charge in [-0.2, -0.15) is 0 Å². The first-order valence-corrected chi connectivity index (χ1v) is 10.7. The van der Waals surface area contributed by atoms with Gasteiger partial charge in [-0.15, -0.1) is 5.10 Å². The molecule has 1 N–H and O–H groups in total. The van der Waals surface area contributed by atoms with Crippen LogP contribution in [-0.2, 0) is 0 Å². The summed E-state index contributed by atoms with van der Waals surface area (Å²) in [5.74, 6) is 2.90. The van der Waals surface area contributed by atoms with Crippen LogP contribution >= 0.6 is 0 Å². The second-order valence-corrected chi connectivity index (χ2v) is 9.03. The number of carbonyl (C=O) groups excluding carboxylic acids is 1. The van der Waals surface area contributed by atoms with Crippen LogP contribution in [0.25, 0.3) is 0 Å². The van der Waals surface area contributed by atoms with Crippen molar-refractivity contribution >= 4 is 5.91 Å². The maximum atomic E-state index is 13.1. The van der Waals surface area contributed by atoms with E-state index in [9.17, 15) is 4.79 Å². The number of hydrogen-bond acceptors (Lipinski definition) is 4. The lowest BCUT2D eigenvalue weighted by atomic mass is 9.83. The quantitative estimate of drug-likeness (QED) is 0.900. The topological polar surface area (TPSA) is 63.1 Å². The fraction of sp³-hybridized carbons (Fsp3) is 0.850. The number of fused-ring (bicyclic) bond motifs is 2. The van der Waals surface area contributed by atoms with Crippen LogP contribution in [0.3, 0.4) is 0 Å². The monoisotopic (exact) mass is 357 g/mol. The first-order valence-electron chi connectivity index (χ1n) is 10.7. The average Bonchev–Trinajstić information content (AvgIpc) is 3.46. The lowest BCUT2D eigenvalue weighted by Crippen LogP contribution is -2.37. The zero-order valence-corrected chi connectivity index (χ0v) is 15.6. The molecule has 0 radical (unpaired) electrons. The van der Waals surface area contributed by atoms with Gasteiger partial charge in [0.15, 0.2) is 5.69 Å². The number of likely N-dealkylation sites (tertiary alicyclic amines) is 1. The summed E-state index contributed by atoms with van der Waals surface area (Å²) in [6.07, 6.45) is 13.3. The molecule has 1 aromatic heterocycles. The summed E-state index contributed by atoms with van der Waals surface area (Å²) in [5.41, 5.74) is 0.545. The highest BCUT2D eigenvalue weighted by molar-refractivity contribution is 5.92. The van der Waals surface area contributed by atoms with E-state index < -0.39 is 0 Å². The smallest absolute Gasteiger partial charge is 0.276 e. The molecule has 5 rings (SSSR count). The lowest BCUT2D eigenvalue weighted by molar-refractivity contribution is 0.0701. The Balaban J connectivity index is 1.25. The van der Waals surface area contributed by atoms with Crippen LogP contribution in [0.15, 0.2) is 6.20 Å². The molecule has 6 nitrogen and oxygen atoms in total. The van der Waals surface area contributed by atoms with Crippen LogP contribution in [0.1, 0.15) is 74.3 Å². The number of aromatic nitrogens is 3. The van der Waals surface area contributed by atoms with Crippen molar-refractivity contribution in [3.63, 3.8) is 0 Å². The highest BCUT2D eigenvalue weighted by Crippen LogP contribution is 2.50. The molecular weight excluding hydrogens is 326 g/mol. The SMILES string of the molecule is O=C(c1cn(C2CCNCC2)nn1)N1CCCC1CC1CC2CCC1C2. The third kappa shape index (κ3) is 3.06. The molecule has 2 aliphatic heterocycles. The number of nitrogens with zero attached hydrogens (tertiary/aromatic N) is 4. The summed E-state index contributed by atoms with van der Waals surface area (Å²) in [6.45, 7) is 2.93. The van der Waals surface area contributed by atoms with E-state index >= 15 is 0 Å². The van der Waals surface area contributed by atoms with Gasteiger partial charge in [0.1, 0.15) is 0 Å². The highest BCUT2D eigenvalue weighted by atomic mass is 16.2. The predicted molar refractivity (Wildman–Crippen MR) is 98.8 cm³/mol. The Kier molecular flexibility index (Phi) is 4.47. The molecule has 2 saturated heterocycles. The second-order valence-electron chi connectivity index (χ2n) is 9.03. The van der Waals surface area contributed by atoms with Crippen molar-refractivity contribution in [1.29, 1.82) is 0 Å². The van der Waals surface area contributed by atoms with Gasteiger partial charge in [-0.25, -0.2) is 4.68 Å². The fourth-order valence-electron chi connectivity index (χ4n) is 6.13. The largest absolute Gasteiger partial charge is 0.334 e. The van der Waals surface area contributed by atoms with E-state index in [-0.39, 0.29) is 5.91 Å². The van der Waals surface area contributed by atoms with E-state index in [4.69, 9.17) is 0 Å². The number of rotatable bonds is 4. The van der Waals surface area contributed by atoms with E-state index in [1.165, 1.54) is 38.5 Å². The van der Waals surface area contributed by atoms with E-state index in [0.29, 0.717) is 17.8 Å². The Labute approximate surface area is 155 Å². The second kappa shape index (κ2) is 6.95. The summed E-state index contributed by atoms with van der Waals surface area (Å²) < 4.78 is 1.93. The Morgan fingerprint density at radius 3 is 2.81 bits per heavy atom. The van der Waals surface area contributed by atoms with Gasteiger partial charge in [0.2, 0.25) is 0 Å². The molecule has 4 unspecified atom stereocenters. The average molecular weight is 358 g/mol. The minimum atomic E-state index is 0.107. The van der Waals surface area contributed by atoms with Gasteiger partial charge in [-0.3, -0.25) is 4.79 Å².